The first kappa shape index (κ1) is 10.7. The molecule has 0 amide bonds. The quantitative estimate of drug-likeness (QED) is 0.743. The molecule has 0 unspecified atom stereocenters. The third kappa shape index (κ3) is 2.24. The Morgan fingerprint density at radius 1 is 1.31 bits per heavy atom. The van der Waals surface area contributed by atoms with Gasteiger partial charge in [0.2, 0.25) is 5.75 Å². The van der Waals surface area contributed by atoms with E-state index in [1.165, 1.54) is 0 Å². The first-order valence-electron chi connectivity index (χ1n) is 5.32. The van der Waals surface area contributed by atoms with Crippen molar-refractivity contribution in [2.24, 2.45) is 5.92 Å². The summed E-state index contributed by atoms with van der Waals surface area (Å²) in [4.78, 5) is 11.6. The average molecular weight is 218 g/mol. The monoisotopic (exact) mass is 218 g/mol. The van der Waals surface area contributed by atoms with Crippen molar-refractivity contribution in [1.29, 1.82) is 0 Å². The first-order chi connectivity index (χ1) is 7.66. The van der Waals surface area contributed by atoms with E-state index in [9.17, 15) is 4.79 Å². The Bertz CT molecular complexity index is 540. The Hall–Kier alpha value is -1.77. The van der Waals surface area contributed by atoms with Gasteiger partial charge in [0.25, 0.3) is 0 Å². The van der Waals surface area contributed by atoms with Crippen LogP contribution in [0.25, 0.3) is 11.0 Å². The van der Waals surface area contributed by atoms with Crippen LogP contribution in [-0.2, 0) is 0 Å². The molecule has 3 nitrogen and oxygen atoms in total. The van der Waals surface area contributed by atoms with Gasteiger partial charge >= 0.3 is 5.63 Å². The van der Waals surface area contributed by atoms with Gasteiger partial charge < -0.3 is 9.15 Å². The number of hydrogen-bond donors (Lipinski definition) is 0. The van der Waals surface area contributed by atoms with Gasteiger partial charge in [-0.15, -0.1) is 0 Å². The van der Waals surface area contributed by atoms with E-state index in [4.69, 9.17) is 9.15 Å². The number of hydrogen-bond acceptors (Lipinski definition) is 3. The zero-order valence-electron chi connectivity index (χ0n) is 9.40. The van der Waals surface area contributed by atoms with Gasteiger partial charge in [0.15, 0.2) is 0 Å². The highest BCUT2D eigenvalue weighted by Gasteiger charge is 2.06. The molecule has 0 spiro atoms. The van der Waals surface area contributed by atoms with Crippen LogP contribution in [-0.4, -0.2) is 6.61 Å². The summed E-state index contributed by atoms with van der Waals surface area (Å²) in [6.07, 6.45) is 0. The SMILES string of the molecule is CC(C)COc1cc2ccccc2oc1=O. The van der Waals surface area contributed by atoms with Gasteiger partial charge in [-0.1, -0.05) is 32.0 Å². The Morgan fingerprint density at radius 3 is 2.81 bits per heavy atom. The van der Waals surface area contributed by atoms with Crippen molar-refractivity contribution in [3.05, 3.63) is 40.8 Å². The molecule has 0 bridgehead atoms. The highest BCUT2D eigenvalue weighted by Crippen LogP contribution is 2.16. The first-order valence-corrected chi connectivity index (χ1v) is 5.32. The maximum atomic E-state index is 11.6. The van der Waals surface area contributed by atoms with E-state index in [0.717, 1.165) is 5.39 Å². The summed E-state index contributed by atoms with van der Waals surface area (Å²) in [5, 5.41) is 0.876. The van der Waals surface area contributed by atoms with E-state index in [2.05, 4.69) is 0 Å². The lowest BCUT2D eigenvalue weighted by Crippen LogP contribution is -2.11. The summed E-state index contributed by atoms with van der Waals surface area (Å²) >= 11 is 0. The summed E-state index contributed by atoms with van der Waals surface area (Å²) in [6, 6.07) is 9.11. The van der Waals surface area contributed by atoms with E-state index < -0.39 is 5.63 Å². The predicted molar refractivity (Wildman–Crippen MR) is 62.8 cm³/mol. The summed E-state index contributed by atoms with van der Waals surface area (Å²) in [5.41, 5.74) is 0.170. The summed E-state index contributed by atoms with van der Waals surface area (Å²) in [7, 11) is 0. The third-order valence-corrected chi connectivity index (χ3v) is 2.18. The van der Waals surface area contributed by atoms with Crippen molar-refractivity contribution in [3.63, 3.8) is 0 Å². The minimum absolute atomic E-state index is 0.285. The molecule has 0 atom stereocenters. The molecule has 0 saturated heterocycles. The molecule has 0 aliphatic heterocycles. The fraction of sp³-hybridized carbons (Fsp3) is 0.308. The Morgan fingerprint density at radius 2 is 2.06 bits per heavy atom. The van der Waals surface area contributed by atoms with Gasteiger partial charge in [-0.05, 0) is 18.1 Å². The van der Waals surface area contributed by atoms with Gasteiger partial charge in [0.05, 0.1) is 6.61 Å². The van der Waals surface area contributed by atoms with Crippen molar-refractivity contribution < 1.29 is 9.15 Å². The number of rotatable bonds is 3. The summed E-state index contributed by atoms with van der Waals surface area (Å²) in [6.45, 7) is 4.58. The fourth-order valence-corrected chi connectivity index (χ4v) is 1.40. The minimum atomic E-state index is -0.417. The van der Waals surface area contributed by atoms with Gasteiger partial charge in [0.1, 0.15) is 5.58 Å². The molecule has 2 aromatic rings. The van der Waals surface area contributed by atoms with E-state index in [1.807, 2.05) is 32.0 Å². The molecular formula is C13H14O3. The number of para-hydroxylation sites is 1. The Labute approximate surface area is 93.7 Å². The number of fused-ring (bicyclic) bond motifs is 1. The largest absolute Gasteiger partial charge is 0.486 e. The highest BCUT2D eigenvalue weighted by atomic mass is 16.5. The van der Waals surface area contributed by atoms with Crippen molar-refractivity contribution in [2.45, 2.75) is 13.8 Å². The van der Waals surface area contributed by atoms with Crippen LogP contribution in [0.3, 0.4) is 0 Å². The molecule has 0 fully saturated rings. The van der Waals surface area contributed by atoms with Crippen LogP contribution in [0.2, 0.25) is 0 Å². The zero-order valence-corrected chi connectivity index (χ0v) is 9.40. The van der Waals surface area contributed by atoms with Crippen LogP contribution in [0.4, 0.5) is 0 Å². The average Bonchev–Trinajstić information content (AvgIpc) is 2.26. The second kappa shape index (κ2) is 4.39. The minimum Gasteiger partial charge on any atom is -0.486 e. The van der Waals surface area contributed by atoms with Crippen LogP contribution in [0.5, 0.6) is 5.75 Å². The molecule has 1 heterocycles. The van der Waals surface area contributed by atoms with Gasteiger partial charge in [-0.2, -0.15) is 0 Å². The molecule has 1 aromatic heterocycles. The number of benzene rings is 1. The topological polar surface area (TPSA) is 39.4 Å². The lowest BCUT2D eigenvalue weighted by molar-refractivity contribution is 0.260. The molecule has 16 heavy (non-hydrogen) atoms. The standard InChI is InChI=1S/C13H14O3/c1-9(2)8-15-12-7-10-5-3-4-6-11(10)16-13(12)14/h3-7,9H,8H2,1-2H3. The van der Waals surface area contributed by atoms with Gasteiger partial charge in [0, 0.05) is 5.39 Å². The summed E-state index contributed by atoms with van der Waals surface area (Å²) < 4.78 is 10.5. The van der Waals surface area contributed by atoms with Gasteiger partial charge in [-0.25, -0.2) is 4.79 Å². The molecule has 1 aromatic carbocycles. The Kier molecular flexibility index (Phi) is 2.95. The van der Waals surface area contributed by atoms with E-state index in [1.54, 1.807) is 12.1 Å². The highest BCUT2D eigenvalue weighted by molar-refractivity contribution is 5.77. The lowest BCUT2D eigenvalue weighted by Gasteiger charge is -2.07. The van der Waals surface area contributed by atoms with Crippen LogP contribution in [0, 0.1) is 5.92 Å². The molecule has 0 aliphatic carbocycles. The molecule has 0 radical (unpaired) electrons. The molecule has 0 N–H and O–H groups in total. The second-order valence-corrected chi connectivity index (χ2v) is 4.14. The normalized spacial score (nSPS) is 10.9. The van der Waals surface area contributed by atoms with Crippen molar-refractivity contribution in [2.75, 3.05) is 6.61 Å². The van der Waals surface area contributed by atoms with Crippen molar-refractivity contribution in [3.8, 4) is 5.75 Å². The van der Waals surface area contributed by atoms with Crippen molar-refractivity contribution >= 4 is 11.0 Å². The molecule has 2 rings (SSSR count). The van der Waals surface area contributed by atoms with Crippen molar-refractivity contribution in [1.82, 2.24) is 0 Å². The second-order valence-electron chi connectivity index (χ2n) is 4.14. The van der Waals surface area contributed by atoms with Crippen LogP contribution in [0.1, 0.15) is 13.8 Å². The molecule has 84 valence electrons. The smallest absolute Gasteiger partial charge is 0.379 e. The molecular weight excluding hydrogens is 204 g/mol. The third-order valence-electron chi connectivity index (χ3n) is 2.18. The molecule has 0 saturated carbocycles. The van der Waals surface area contributed by atoms with Gasteiger partial charge in [-0.3, -0.25) is 0 Å². The molecule has 0 aliphatic rings. The molecule has 3 heteroatoms. The van der Waals surface area contributed by atoms with E-state index in [0.29, 0.717) is 18.1 Å². The maximum absolute atomic E-state index is 11.6. The van der Waals surface area contributed by atoms with Crippen LogP contribution in [0.15, 0.2) is 39.5 Å². The lowest BCUT2D eigenvalue weighted by atomic mass is 10.2. The number of ether oxygens (including phenoxy) is 1. The fourth-order valence-electron chi connectivity index (χ4n) is 1.40. The van der Waals surface area contributed by atoms with E-state index in [-0.39, 0.29) is 5.75 Å². The van der Waals surface area contributed by atoms with E-state index >= 15 is 0 Å². The Balaban J connectivity index is 2.38. The van der Waals surface area contributed by atoms with Crippen LogP contribution < -0.4 is 10.4 Å². The zero-order chi connectivity index (χ0) is 11.5. The van der Waals surface area contributed by atoms with Crippen LogP contribution >= 0.6 is 0 Å². The maximum Gasteiger partial charge on any atom is 0.379 e. The summed E-state index contributed by atoms with van der Waals surface area (Å²) in [5.74, 6) is 0.665. The predicted octanol–water partition coefficient (Wildman–Crippen LogP) is 2.83.